The molecule has 0 aliphatic carbocycles. The lowest BCUT2D eigenvalue weighted by Crippen LogP contribution is -2.16. The van der Waals surface area contributed by atoms with Crippen LogP contribution in [0.25, 0.3) is 0 Å². The van der Waals surface area contributed by atoms with Crippen molar-refractivity contribution in [3.05, 3.63) is 29.8 Å². The molecule has 1 atom stereocenters. The summed E-state index contributed by atoms with van der Waals surface area (Å²) in [6.07, 6.45) is 0.699. The number of aliphatic hydroxyl groups excluding tert-OH is 1. The van der Waals surface area contributed by atoms with Crippen LogP contribution in [-0.4, -0.2) is 31.5 Å². The Morgan fingerprint density at radius 1 is 1.33 bits per heavy atom. The lowest BCUT2D eigenvalue weighted by atomic mass is 10.1. The molecule has 1 aromatic rings. The number of methoxy groups -OCH3 is 1. The van der Waals surface area contributed by atoms with Crippen LogP contribution in [0.15, 0.2) is 24.3 Å². The van der Waals surface area contributed by atoms with E-state index < -0.39 is 0 Å². The molecule has 1 N–H and O–H groups in total. The van der Waals surface area contributed by atoms with Gasteiger partial charge in [0, 0.05) is 13.7 Å². The predicted molar refractivity (Wildman–Crippen MR) is 59.2 cm³/mol. The molecule has 0 heterocycles. The molecule has 0 bridgehead atoms. The van der Waals surface area contributed by atoms with E-state index in [0.29, 0.717) is 13.0 Å². The van der Waals surface area contributed by atoms with Crippen LogP contribution in [0.1, 0.15) is 12.5 Å². The molecule has 3 heteroatoms. The number of aliphatic hydroxyl groups is 1. The molecular formula is C12H18O3. The second-order valence-corrected chi connectivity index (χ2v) is 3.44. The molecule has 0 aromatic heterocycles. The Hall–Kier alpha value is -1.06. The summed E-state index contributed by atoms with van der Waals surface area (Å²) in [4.78, 5) is 0. The highest BCUT2D eigenvalue weighted by Crippen LogP contribution is 2.18. The zero-order valence-corrected chi connectivity index (χ0v) is 9.27. The van der Waals surface area contributed by atoms with Crippen molar-refractivity contribution in [2.24, 2.45) is 0 Å². The number of rotatable bonds is 6. The second kappa shape index (κ2) is 6.43. The molecule has 0 radical (unpaired) electrons. The number of para-hydroxylation sites is 1. The highest BCUT2D eigenvalue weighted by molar-refractivity contribution is 5.33. The number of ether oxygens (including phenoxy) is 2. The van der Waals surface area contributed by atoms with E-state index in [1.807, 2.05) is 31.2 Å². The van der Waals surface area contributed by atoms with Gasteiger partial charge in [-0.2, -0.15) is 0 Å². The maximum atomic E-state index is 8.89. The Kier molecular flexibility index (Phi) is 5.15. The molecule has 0 saturated heterocycles. The Morgan fingerprint density at radius 3 is 2.73 bits per heavy atom. The summed E-state index contributed by atoms with van der Waals surface area (Å²) < 4.78 is 10.7. The van der Waals surface area contributed by atoms with E-state index in [4.69, 9.17) is 14.6 Å². The van der Waals surface area contributed by atoms with Gasteiger partial charge in [0.25, 0.3) is 0 Å². The quantitative estimate of drug-likeness (QED) is 0.775. The van der Waals surface area contributed by atoms with Crippen LogP contribution in [0, 0.1) is 0 Å². The number of benzene rings is 1. The molecule has 1 aromatic carbocycles. The third kappa shape index (κ3) is 3.90. The molecular weight excluding hydrogens is 192 g/mol. The van der Waals surface area contributed by atoms with Crippen LogP contribution in [0.5, 0.6) is 5.75 Å². The zero-order valence-electron chi connectivity index (χ0n) is 9.27. The van der Waals surface area contributed by atoms with Gasteiger partial charge in [0.2, 0.25) is 0 Å². The monoisotopic (exact) mass is 210 g/mol. The zero-order chi connectivity index (χ0) is 11.1. The molecule has 15 heavy (non-hydrogen) atoms. The van der Waals surface area contributed by atoms with Crippen LogP contribution in [0.2, 0.25) is 0 Å². The second-order valence-electron chi connectivity index (χ2n) is 3.44. The molecule has 1 unspecified atom stereocenters. The molecule has 0 aliphatic rings. The molecule has 84 valence electrons. The SMILES string of the molecule is COC(C)COc1ccccc1CCO. The smallest absolute Gasteiger partial charge is 0.122 e. The Morgan fingerprint density at radius 2 is 2.07 bits per heavy atom. The van der Waals surface area contributed by atoms with Gasteiger partial charge in [-0.05, 0) is 25.0 Å². The number of hydrogen-bond acceptors (Lipinski definition) is 3. The Balaban J connectivity index is 2.58. The summed E-state index contributed by atoms with van der Waals surface area (Å²) in [7, 11) is 1.66. The van der Waals surface area contributed by atoms with Crippen molar-refractivity contribution < 1.29 is 14.6 Å². The number of hydrogen-bond donors (Lipinski definition) is 1. The van der Waals surface area contributed by atoms with Crippen LogP contribution in [0.3, 0.4) is 0 Å². The third-order valence-electron chi connectivity index (χ3n) is 2.23. The van der Waals surface area contributed by atoms with Gasteiger partial charge in [0.15, 0.2) is 0 Å². The molecule has 0 amide bonds. The predicted octanol–water partition coefficient (Wildman–Crippen LogP) is 1.64. The normalized spacial score (nSPS) is 12.5. The van der Waals surface area contributed by atoms with E-state index in [0.717, 1.165) is 11.3 Å². The van der Waals surface area contributed by atoms with Crippen molar-refractivity contribution in [2.45, 2.75) is 19.4 Å². The fraction of sp³-hybridized carbons (Fsp3) is 0.500. The topological polar surface area (TPSA) is 38.7 Å². The molecule has 0 aliphatic heterocycles. The Labute approximate surface area is 90.6 Å². The maximum absolute atomic E-state index is 8.89. The minimum atomic E-state index is 0.0761. The molecule has 0 fully saturated rings. The average molecular weight is 210 g/mol. The van der Waals surface area contributed by atoms with E-state index in [1.54, 1.807) is 7.11 Å². The van der Waals surface area contributed by atoms with E-state index in [1.165, 1.54) is 0 Å². The van der Waals surface area contributed by atoms with Gasteiger partial charge in [-0.3, -0.25) is 0 Å². The first-order valence-electron chi connectivity index (χ1n) is 5.12. The van der Waals surface area contributed by atoms with Crippen molar-refractivity contribution in [1.82, 2.24) is 0 Å². The van der Waals surface area contributed by atoms with Crippen LogP contribution >= 0.6 is 0 Å². The van der Waals surface area contributed by atoms with Gasteiger partial charge in [0.1, 0.15) is 12.4 Å². The first-order valence-corrected chi connectivity index (χ1v) is 5.12. The molecule has 1 rings (SSSR count). The third-order valence-corrected chi connectivity index (χ3v) is 2.23. The summed E-state index contributed by atoms with van der Waals surface area (Å²) in [5.74, 6) is 0.829. The summed E-state index contributed by atoms with van der Waals surface area (Å²) in [5.41, 5.74) is 1.03. The lowest BCUT2D eigenvalue weighted by molar-refractivity contribution is 0.0712. The van der Waals surface area contributed by atoms with Gasteiger partial charge >= 0.3 is 0 Å². The van der Waals surface area contributed by atoms with Crippen molar-refractivity contribution in [1.29, 1.82) is 0 Å². The van der Waals surface area contributed by atoms with Crippen molar-refractivity contribution in [2.75, 3.05) is 20.3 Å². The Bertz CT molecular complexity index is 286. The summed E-state index contributed by atoms with van der Waals surface area (Å²) in [6, 6.07) is 7.74. The van der Waals surface area contributed by atoms with Gasteiger partial charge in [-0.15, -0.1) is 0 Å². The van der Waals surface area contributed by atoms with Gasteiger partial charge in [-0.1, -0.05) is 18.2 Å². The standard InChI is InChI=1S/C12H18O3/c1-10(14-2)9-15-12-6-4-3-5-11(12)7-8-13/h3-6,10,13H,7-9H2,1-2H3. The minimum absolute atomic E-state index is 0.0761. The van der Waals surface area contributed by atoms with Crippen molar-refractivity contribution >= 4 is 0 Å². The van der Waals surface area contributed by atoms with Crippen LogP contribution < -0.4 is 4.74 Å². The van der Waals surface area contributed by atoms with E-state index in [2.05, 4.69) is 0 Å². The fourth-order valence-electron chi connectivity index (χ4n) is 1.25. The molecule has 3 nitrogen and oxygen atoms in total. The first kappa shape index (κ1) is 12.0. The molecule has 0 saturated carbocycles. The average Bonchev–Trinajstić information content (AvgIpc) is 2.28. The summed E-state index contributed by atoms with van der Waals surface area (Å²) >= 11 is 0. The largest absolute Gasteiger partial charge is 0.491 e. The van der Waals surface area contributed by atoms with Crippen molar-refractivity contribution in [3.8, 4) is 5.75 Å². The first-order chi connectivity index (χ1) is 7.27. The van der Waals surface area contributed by atoms with Crippen LogP contribution in [0.4, 0.5) is 0 Å². The highest BCUT2D eigenvalue weighted by atomic mass is 16.5. The minimum Gasteiger partial charge on any atom is -0.491 e. The van der Waals surface area contributed by atoms with E-state index >= 15 is 0 Å². The summed E-state index contributed by atoms with van der Waals surface area (Å²) in [5, 5.41) is 8.89. The molecule has 0 spiro atoms. The summed E-state index contributed by atoms with van der Waals surface area (Å²) in [6.45, 7) is 2.62. The highest BCUT2D eigenvalue weighted by Gasteiger charge is 2.04. The van der Waals surface area contributed by atoms with Crippen LogP contribution in [-0.2, 0) is 11.2 Å². The van der Waals surface area contributed by atoms with Crippen molar-refractivity contribution in [3.63, 3.8) is 0 Å². The van der Waals surface area contributed by atoms with E-state index in [9.17, 15) is 0 Å². The van der Waals surface area contributed by atoms with E-state index in [-0.39, 0.29) is 12.7 Å². The van der Waals surface area contributed by atoms with Gasteiger partial charge < -0.3 is 14.6 Å². The fourth-order valence-corrected chi connectivity index (χ4v) is 1.25. The van der Waals surface area contributed by atoms with Gasteiger partial charge in [-0.25, -0.2) is 0 Å². The lowest BCUT2D eigenvalue weighted by Gasteiger charge is -2.14. The maximum Gasteiger partial charge on any atom is 0.122 e. The van der Waals surface area contributed by atoms with Gasteiger partial charge in [0.05, 0.1) is 6.10 Å².